The first-order chi connectivity index (χ1) is 13.0. The van der Waals surface area contributed by atoms with Crippen molar-refractivity contribution in [1.29, 1.82) is 5.26 Å². The van der Waals surface area contributed by atoms with E-state index in [0.717, 1.165) is 19.3 Å². The number of nitrogens with one attached hydrogen (secondary N) is 1. The van der Waals surface area contributed by atoms with Crippen molar-refractivity contribution in [3.63, 3.8) is 0 Å². The zero-order chi connectivity index (χ0) is 19.4. The Kier molecular flexibility index (Phi) is 5.50. The van der Waals surface area contributed by atoms with Crippen molar-refractivity contribution in [2.24, 2.45) is 5.92 Å². The van der Waals surface area contributed by atoms with Gasteiger partial charge >= 0.3 is 0 Å². The first-order valence-electron chi connectivity index (χ1n) is 9.05. The van der Waals surface area contributed by atoms with Gasteiger partial charge in [-0.15, -0.1) is 0 Å². The van der Waals surface area contributed by atoms with Gasteiger partial charge in [0.05, 0.1) is 22.1 Å². The standard InChI is InChI=1S/C19H21N5O3/c1-2-7-21-19(25)13-5-8-23(9-6-13)18-10-14(12-20)16-11-15(24(26)27)3-4-17(16)22-18/h3-4,10-11,13H,2,5-9H2,1H3,(H,21,25). The van der Waals surface area contributed by atoms with Gasteiger partial charge in [-0.25, -0.2) is 4.98 Å². The van der Waals surface area contributed by atoms with E-state index in [4.69, 9.17) is 0 Å². The van der Waals surface area contributed by atoms with E-state index in [1.807, 2.05) is 6.92 Å². The number of benzene rings is 1. The Morgan fingerprint density at radius 1 is 1.41 bits per heavy atom. The fraction of sp³-hybridized carbons (Fsp3) is 0.421. The van der Waals surface area contributed by atoms with E-state index < -0.39 is 4.92 Å². The number of non-ortho nitro benzene ring substituents is 1. The fourth-order valence-electron chi connectivity index (χ4n) is 3.33. The number of nitro groups is 1. The summed E-state index contributed by atoms with van der Waals surface area (Å²) in [5.41, 5.74) is 0.853. The Balaban J connectivity index is 1.80. The van der Waals surface area contributed by atoms with Crippen LogP contribution >= 0.6 is 0 Å². The lowest BCUT2D eigenvalue weighted by atomic mass is 9.95. The highest BCUT2D eigenvalue weighted by atomic mass is 16.6. The smallest absolute Gasteiger partial charge is 0.270 e. The van der Waals surface area contributed by atoms with Gasteiger partial charge in [-0.3, -0.25) is 14.9 Å². The van der Waals surface area contributed by atoms with Gasteiger partial charge < -0.3 is 10.2 Å². The third-order valence-electron chi connectivity index (χ3n) is 4.85. The lowest BCUT2D eigenvalue weighted by Gasteiger charge is -2.32. The van der Waals surface area contributed by atoms with E-state index in [1.54, 1.807) is 12.1 Å². The van der Waals surface area contributed by atoms with E-state index in [1.165, 1.54) is 12.1 Å². The van der Waals surface area contributed by atoms with Crippen molar-refractivity contribution in [3.8, 4) is 6.07 Å². The molecule has 1 aliphatic rings. The highest BCUT2D eigenvalue weighted by Crippen LogP contribution is 2.28. The molecule has 0 radical (unpaired) electrons. The average Bonchev–Trinajstić information content (AvgIpc) is 2.70. The monoisotopic (exact) mass is 367 g/mol. The highest BCUT2D eigenvalue weighted by Gasteiger charge is 2.26. The van der Waals surface area contributed by atoms with E-state index in [0.29, 0.717) is 41.9 Å². The van der Waals surface area contributed by atoms with Crippen LogP contribution in [0.3, 0.4) is 0 Å². The minimum Gasteiger partial charge on any atom is -0.357 e. The number of anilines is 1. The van der Waals surface area contributed by atoms with Gasteiger partial charge in [0.15, 0.2) is 0 Å². The summed E-state index contributed by atoms with van der Waals surface area (Å²) in [5.74, 6) is 0.777. The number of nitrogens with zero attached hydrogens (tertiary/aromatic N) is 4. The molecule has 0 aliphatic carbocycles. The number of amides is 1. The number of fused-ring (bicyclic) bond motifs is 1. The molecule has 8 nitrogen and oxygen atoms in total. The van der Waals surface area contributed by atoms with Gasteiger partial charge in [-0.05, 0) is 31.4 Å². The van der Waals surface area contributed by atoms with E-state index in [-0.39, 0.29) is 17.5 Å². The van der Waals surface area contributed by atoms with Gasteiger partial charge in [0, 0.05) is 43.1 Å². The summed E-state index contributed by atoms with van der Waals surface area (Å²) in [6.07, 6.45) is 2.38. The molecule has 0 saturated carbocycles. The lowest BCUT2D eigenvalue weighted by Crippen LogP contribution is -2.41. The number of aromatic nitrogens is 1. The van der Waals surface area contributed by atoms with Crippen molar-refractivity contribution >= 4 is 28.3 Å². The summed E-state index contributed by atoms with van der Waals surface area (Å²) < 4.78 is 0. The summed E-state index contributed by atoms with van der Waals surface area (Å²) in [4.78, 5) is 29.2. The molecule has 8 heteroatoms. The Hall–Kier alpha value is -3.21. The maximum Gasteiger partial charge on any atom is 0.270 e. The molecule has 140 valence electrons. The minimum atomic E-state index is -0.483. The predicted octanol–water partition coefficient (Wildman–Crippen LogP) is 2.76. The van der Waals surface area contributed by atoms with E-state index >= 15 is 0 Å². The maximum atomic E-state index is 12.1. The second-order valence-corrected chi connectivity index (χ2v) is 6.65. The van der Waals surface area contributed by atoms with Crippen molar-refractivity contribution in [2.45, 2.75) is 26.2 Å². The van der Waals surface area contributed by atoms with Gasteiger partial charge in [0.2, 0.25) is 5.91 Å². The molecule has 1 aromatic heterocycles. The molecule has 1 aromatic carbocycles. The summed E-state index contributed by atoms with van der Waals surface area (Å²) in [6, 6.07) is 8.13. The first-order valence-corrected chi connectivity index (χ1v) is 9.05. The molecule has 0 unspecified atom stereocenters. The number of pyridine rings is 1. The van der Waals surface area contributed by atoms with Crippen molar-refractivity contribution in [3.05, 3.63) is 39.9 Å². The summed E-state index contributed by atoms with van der Waals surface area (Å²) in [6.45, 7) is 4.08. The summed E-state index contributed by atoms with van der Waals surface area (Å²) in [5, 5.41) is 23.9. The molecule has 2 heterocycles. The van der Waals surface area contributed by atoms with Crippen LogP contribution in [-0.4, -0.2) is 35.4 Å². The molecule has 1 saturated heterocycles. The van der Waals surface area contributed by atoms with Gasteiger partial charge in [0.1, 0.15) is 5.82 Å². The molecule has 0 spiro atoms. The average molecular weight is 367 g/mol. The predicted molar refractivity (Wildman–Crippen MR) is 101 cm³/mol. The molecule has 1 N–H and O–H groups in total. The van der Waals surface area contributed by atoms with Crippen LogP contribution < -0.4 is 10.2 Å². The molecule has 1 aliphatic heterocycles. The quantitative estimate of drug-likeness (QED) is 0.642. The van der Waals surface area contributed by atoms with Gasteiger partial charge in [-0.1, -0.05) is 6.92 Å². The first kappa shape index (κ1) is 18.6. The van der Waals surface area contributed by atoms with Gasteiger partial charge in [0.25, 0.3) is 5.69 Å². The zero-order valence-electron chi connectivity index (χ0n) is 15.1. The third kappa shape index (κ3) is 3.97. The normalized spacial score (nSPS) is 14.7. The minimum absolute atomic E-state index is 0.00587. The Labute approximate surface area is 156 Å². The molecule has 1 amide bonds. The lowest BCUT2D eigenvalue weighted by molar-refractivity contribution is -0.384. The Morgan fingerprint density at radius 2 is 2.15 bits per heavy atom. The van der Waals surface area contributed by atoms with Crippen LogP contribution in [0.15, 0.2) is 24.3 Å². The number of carbonyl (C=O) groups is 1. The number of hydrogen-bond donors (Lipinski definition) is 1. The molecule has 3 rings (SSSR count). The largest absolute Gasteiger partial charge is 0.357 e. The van der Waals surface area contributed by atoms with Crippen LogP contribution in [0.25, 0.3) is 10.9 Å². The van der Waals surface area contributed by atoms with Crippen molar-refractivity contribution in [1.82, 2.24) is 10.3 Å². The van der Waals surface area contributed by atoms with Crippen molar-refractivity contribution < 1.29 is 9.72 Å². The topological polar surface area (TPSA) is 112 Å². The molecule has 27 heavy (non-hydrogen) atoms. The summed E-state index contributed by atoms with van der Waals surface area (Å²) >= 11 is 0. The molecular weight excluding hydrogens is 346 g/mol. The number of nitriles is 1. The molecular formula is C19H21N5O3. The fourth-order valence-corrected chi connectivity index (χ4v) is 3.33. The number of hydrogen-bond acceptors (Lipinski definition) is 6. The van der Waals surface area contributed by atoms with Crippen LogP contribution in [-0.2, 0) is 4.79 Å². The molecule has 0 atom stereocenters. The van der Waals surface area contributed by atoms with E-state index in [2.05, 4.69) is 21.3 Å². The number of rotatable bonds is 5. The number of nitro benzene ring substituents is 1. The van der Waals surface area contributed by atoms with Crippen molar-refractivity contribution in [2.75, 3.05) is 24.5 Å². The third-order valence-corrected chi connectivity index (χ3v) is 4.85. The Bertz CT molecular complexity index is 913. The Morgan fingerprint density at radius 3 is 2.78 bits per heavy atom. The van der Waals surface area contributed by atoms with E-state index in [9.17, 15) is 20.2 Å². The SMILES string of the molecule is CCCNC(=O)C1CCN(c2cc(C#N)c3cc([N+](=O)[O-])ccc3n2)CC1. The molecule has 1 fully saturated rings. The second-order valence-electron chi connectivity index (χ2n) is 6.65. The van der Waals surface area contributed by atoms with Crippen LogP contribution in [0, 0.1) is 27.4 Å². The highest BCUT2D eigenvalue weighted by molar-refractivity contribution is 5.88. The van der Waals surface area contributed by atoms with Crippen LogP contribution in [0.5, 0.6) is 0 Å². The number of piperidine rings is 1. The molecule has 0 bridgehead atoms. The molecule has 2 aromatic rings. The second kappa shape index (κ2) is 7.99. The van der Waals surface area contributed by atoms with Gasteiger partial charge in [-0.2, -0.15) is 5.26 Å². The van der Waals surface area contributed by atoms with Crippen LogP contribution in [0.1, 0.15) is 31.7 Å². The van der Waals surface area contributed by atoms with Crippen LogP contribution in [0.4, 0.5) is 11.5 Å². The summed E-state index contributed by atoms with van der Waals surface area (Å²) in [7, 11) is 0. The maximum absolute atomic E-state index is 12.1. The van der Waals surface area contributed by atoms with Crippen LogP contribution in [0.2, 0.25) is 0 Å². The zero-order valence-corrected chi connectivity index (χ0v) is 15.1. The number of carbonyl (C=O) groups excluding carboxylic acids is 1.